The highest BCUT2D eigenvalue weighted by Crippen LogP contribution is 2.27. The Labute approximate surface area is 226 Å². The van der Waals surface area contributed by atoms with E-state index < -0.39 is 23.5 Å². The Hall–Kier alpha value is -4.82. The van der Waals surface area contributed by atoms with Gasteiger partial charge in [0.15, 0.2) is 11.6 Å². The lowest BCUT2D eigenvalue weighted by Gasteiger charge is -2.14. The topological polar surface area (TPSA) is 87.9 Å². The summed E-state index contributed by atoms with van der Waals surface area (Å²) in [6, 6.07) is 22.2. The number of hydrogen-bond donors (Lipinski definition) is 2. The lowest BCUT2D eigenvalue weighted by atomic mass is 10.0. The predicted molar refractivity (Wildman–Crippen MR) is 142 cm³/mol. The minimum atomic E-state index is -1.06. The second-order valence-corrected chi connectivity index (χ2v) is 9.19. The molecule has 2 N–H and O–H groups in total. The van der Waals surface area contributed by atoms with E-state index >= 15 is 0 Å². The molecular weight excluding hydrogens is 526 g/mol. The van der Waals surface area contributed by atoms with Crippen molar-refractivity contribution in [2.45, 2.75) is 6.54 Å². The Morgan fingerprint density at radius 2 is 1.44 bits per heavy atom. The third-order valence-corrected chi connectivity index (χ3v) is 6.48. The molecule has 1 amide bonds. The van der Waals surface area contributed by atoms with Crippen molar-refractivity contribution in [1.82, 2.24) is 9.72 Å². The van der Waals surface area contributed by atoms with Gasteiger partial charge in [-0.2, -0.15) is 0 Å². The maximum atomic E-state index is 14.0. The van der Waals surface area contributed by atoms with E-state index in [1.165, 1.54) is 28.7 Å². The molecule has 0 aliphatic carbocycles. The van der Waals surface area contributed by atoms with Crippen LogP contribution >= 0.6 is 11.6 Å². The Morgan fingerprint density at radius 1 is 0.744 bits per heavy atom. The van der Waals surface area contributed by atoms with Crippen LogP contribution in [0.4, 0.5) is 8.78 Å². The van der Waals surface area contributed by atoms with E-state index in [2.05, 4.69) is 5.32 Å². The number of carbonyl (C=O) groups is 3. The molecule has 0 radical (unpaired) electrons. The van der Waals surface area contributed by atoms with E-state index in [9.17, 15) is 23.2 Å². The SMILES string of the molecule is O=C(O)c1ccc(CNC(=O)c2cc(-c3ccc(F)c(F)c3)cc3ccc(C(=O)c4ccc(Cl)cc4)n23)cc1. The zero-order chi connectivity index (χ0) is 27.7. The Kier molecular flexibility index (Phi) is 6.96. The number of fused-ring (bicyclic) bond motifs is 1. The second-order valence-electron chi connectivity index (χ2n) is 8.76. The van der Waals surface area contributed by atoms with Crippen molar-refractivity contribution in [3.63, 3.8) is 0 Å². The highest BCUT2D eigenvalue weighted by molar-refractivity contribution is 6.30. The molecule has 5 rings (SSSR count). The third kappa shape index (κ3) is 5.28. The number of pyridine rings is 1. The molecule has 0 atom stereocenters. The van der Waals surface area contributed by atoms with Crippen LogP contribution in [-0.2, 0) is 6.54 Å². The molecule has 0 saturated heterocycles. The van der Waals surface area contributed by atoms with Crippen LogP contribution in [0.1, 0.15) is 42.5 Å². The summed E-state index contributed by atoms with van der Waals surface area (Å²) in [6.07, 6.45) is 0. The van der Waals surface area contributed by atoms with Gasteiger partial charge in [-0.1, -0.05) is 29.8 Å². The first-order chi connectivity index (χ1) is 18.7. The Bertz CT molecular complexity index is 1750. The standard InChI is InChI=1S/C30H19ClF2N2O4/c31-22-8-5-18(6-9-22)28(36)26-12-10-23-13-21(20-7-11-24(32)25(33)14-20)15-27(35(23)26)29(37)34-16-17-1-3-19(4-2-17)30(38)39/h1-15H,16H2,(H,34,37)(H,38,39). The molecule has 6 nitrogen and oxygen atoms in total. The summed E-state index contributed by atoms with van der Waals surface area (Å²) in [5.74, 6) is -3.96. The molecular formula is C30H19ClF2N2O4. The zero-order valence-corrected chi connectivity index (χ0v) is 20.9. The van der Waals surface area contributed by atoms with Crippen LogP contribution in [0.3, 0.4) is 0 Å². The number of aromatic nitrogens is 1. The maximum Gasteiger partial charge on any atom is 0.335 e. The van der Waals surface area contributed by atoms with Gasteiger partial charge in [0, 0.05) is 22.6 Å². The van der Waals surface area contributed by atoms with Gasteiger partial charge in [0.05, 0.1) is 11.3 Å². The molecule has 0 unspecified atom stereocenters. The van der Waals surface area contributed by atoms with Gasteiger partial charge < -0.3 is 14.8 Å². The number of rotatable bonds is 7. The average molecular weight is 545 g/mol. The maximum absolute atomic E-state index is 14.0. The summed E-state index contributed by atoms with van der Waals surface area (Å²) >= 11 is 5.96. The number of aromatic carboxylic acids is 1. The fourth-order valence-electron chi connectivity index (χ4n) is 4.22. The van der Waals surface area contributed by atoms with Crippen LogP contribution in [0.25, 0.3) is 16.6 Å². The Morgan fingerprint density at radius 3 is 2.10 bits per heavy atom. The van der Waals surface area contributed by atoms with Gasteiger partial charge in [-0.3, -0.25) is 9.59 Å². The predicted octanol–water partition coefficient (Wildman–Crippen LogP) is 6.40. The van der Waals surface area contributed by atoms with E-state index in [4.69, 9.17) is 16.7 Å². The van der Waals surface area contributed by atoms with E-state index in [1.54, 1.807) is 54.6 Å². The van der Waals surface area contributed by atoms with E-state index in [0.29, 0.717) is 32.8 Å². The van der Waals surface area contributed by atoms with Crippen molar-refractivity contribution < 1.29 is 28.3 Å². The summed E-state index contributed by atoms with van der Waals surface area (Å²) in [5.41, 5.74) is 2.74. The first-order valence-electron chi connectivity index (χ1n) is 11.7. The van der Waals surface area contributed by atoms with Crippen molar-refractivity contribution in [2.24, 2.45) is 0 Å². The molecule has 39 heavy (non-hydrogen) atoms. The van der Waals surface area contributed by atoms with Crippen LogP contribution in [0.2, 0.25) is 5.02 Å². The highest BCUT2D eigenvalue weighted by atomic mass is 35.5. The van der Waals surface area contributed by atoms with Crippen LogP contribution in [-0.4, -0.2) is 27.2 Å². The summed E-state index contributed by atoms with van der Waals surface area (Å²) in [7, 11) is 0. The van der Waals surface area contributed by atoms with Gasteiger partial charge >= 0.3 is 5.97 Å². The third-order valence-electron chi connectivity index (χ3n) is 6.23. The molecule has 0 spiro atoms. The lowest BCUT2D eigenvalue weighted by Crippen LogP contribution is -2.26. The number of benzene rings is 3. The van der Waals surface area contributed by atoms with Gasteiger partial charge in [0.25, 0.3) is 5.91 Å². The van der Waals surface area contributed by atoms with E-state index in [1.807, 2.05) is 0 Å². The average Bonchev–Trinajstić information content (AvgIpc) is 3.37. The van der Waals surface area contributed by atoms with Crippen molar-refractivity contribution in [1.29, 1.82) is 0 Å². The number of hydrogen-bond acceptors (Lipinski definition) is 3. The number of carboxylic acid groups (broad SMARTS) is 1. The Balaban J connectivity index is 1.57. The molecule has 0 saturated carbocycles. The summed E-state index contributed by atoms with van der Waals surface area (Å²) < 4.78 is 29.1. The van der Waals surface area contributed by atoms with E-state index in [0.717, 1.165) is 12.1 Å². The monoisotopic (exact) mass is 544 g/mol. The van der Waals surface area contributed by atoms with Crippen molar-refractivity contribution in [3.05, 3.63) is 136 Å². The normalized spacial score (nSPS) is 10.9. The quantitative estimate of drug-likeness (QED) is 0.232. The zero-order valence-electron chi connectivity index (χ0n) is 20.1. The number of halogens is 3. The molecule has 3 aromatic carbocycles. The van der Waals surface area contributed by atoms with Gasteiger partial charge in [-0.25, -0.2) is 13.6 Å². The van der Waals surface area contributed by atoms with Crippen LogP contribution < -0.4 is 5.32 Å². The molecule has 0 fully saturated rings. The van der Waals surface area contributed by atoms with Gasteiger partial charge in [0.1, 0.15) is 5.69 Å². The molecule has 5 aromatic rings. The first kappa shape index (κ1) is 25.8. The molecule has 194 valence electrons. The largest absolute Gasteiger partial charge is 0.478 e. The molecule has 0 bridgehead atoms. The number of carboxylic acids is 1. The second kappa shape index (κ2) is 10.5. The van der Waals surface area contributed by atoms with Crippen LogP contribution in [0.15, 0.2) is 91.0 Å². The number of nitrogens with one attached hydrogen (secondary N) is 1. The highest BCUT2D eigenvalue weighted by Gasteiger charge is 2.20. The fraction of sp³-hybridized carbons (Fsp3) is 0.0333. The summed E-state index contributed by atoms with van der Waals surface area (Å²) in [6.45, 7) is 0.0807. The van der Waals surface area contributed by atoms with Crippen molar-refractivity contribution in [3.8, 4) is 11.1 Å². The molecule has 9 heteroatoms. The molecule has 2 heterocycles. The smallest absolute Gasteiger partial charge is 0.335 e. The summed E-state index contributed by atoms with van der Waals surface area (Å²) in [4.78, 5) is 38.0. The van der Waals surface area contributed by atoms with Crippen LogP contribution in [0.5, 0.6) is 0 Å². The summed E-state index contributed by atoms with van der Waals surface area (Å²) in [5, 5.41) is 12.4. The van der Waals surface area contributed by atoms with Crippen molar-refractivity contribution in [2.75, 3.05) is 0 Å². The van der Waals surface area contributed by atoms with Crippen LogP contribution in [0, 0.1) is 11.6 Å². The fourth-order valence-corrected chi connectivity index (χ4v) is 4.35. The van der Waals surface area contributed by atoms with Crippen molar-refractivity contribution >= 4 is 34.8 Å². The number of amides is 1. The number of nitrogens with zero attached hydrogens (tertiary/aromatic N) is 1. The number of ketones is 1. The molecule has 0 aliphatic heterocycles. The number of carbonyl (C=O) groups excluding carboxylic acids is 2. The molecule has 0 aliphatic rings. The van der Waals surface area contributed by atoms with Gasteiger partial charge in [-0.15, -0.1) is 0 Å². The van der Waals surface area contributed by atoms with Gasteiger partial charge in [0.2, 0.25) is 5.78 Å². The van der Waals surface area contributed by atoms with Gasteiger partial charge in [-0.05, 0) is 89.5 Å². The molecule has 2 aromatic heterocycles. The van der Waals surface area contributed by atoms with E-state index in [-0.39, 0.29) is 29.3 Å². The minimum Gasteiger partial charge on any atom is -0.478 e. The minimum absolute atomic E-state index is 0.0807. The first-order valence-corrected chi connectivity index (χ1v) is 12.1. The lowest BCUT2D eigenvalue weighted by molar-refractivity contribution is 0.0696.